The molecule has 2 aliphatic heterocycles. The molecule has 156 valence electrons. The number of amides is 1. The van der Waals surface area contributed by atoms with Crippen molar-refractivity contribution in [3.8, 4) is 0 Å². The minimum atomic E-state index is 0.0687. The Morgan fingerprint density at radius 2 is 1.86 bits per heavy atom. The Labute approximate surface area is 176 Å². The maximum absolute atomic E-state index is 13.1. The number of aromatic nitrogens is 5. The van der Waals surface area contributed by atoms with Crippen molar-refractivity contribution < 1.29 is 4.79 Å². The quantitative estimate of drug-likeness (QED) is 0.551. The van der Waals surface area contributed by atoms with E-state index in [4.69, 9.17) is 0 Å². The van der Waals surface area contributed by atoms with Crippen LogP contribution in [0.1, 0.15) is 73.2 Å². The zero-order chi connectivity index (χ0) is 20.4. The number of aryl methyl sites for hydroxylation is 3. The number of nitrogens with zero attached hydrogens (tertiary/aromatic N) is 6. The van der Waals surface area contributed by atoms with Crippen LogP contribution >= 0.6 is 11.8 Å². The average Bonchev–Trinajstić information content (AvgIpc) is 3.27. The summed E-state index contributed by atoms with van der Waals surface area (Å²) in [6.07, 6.45) is 9.76. The average molecular weight is 415 g/mol. The normalized spacial score (nSPS) is 19.3. The molecule has 2 aromatic rings. The number of fused-ring (bicyclic) bond motifs is 1. The van der Waals surface area contributed by atoms with Crippen LogP contribution in [-0.4, -0.2) is 48.3 Å². The Kier molecular flexibility index (Phi) is 6.18. The summed E-state index contributed by atoms with van der Waals surface area (Å²) in [6.45, 7) is 5.82. The molecule has 4 rings (SSSR count). The number of carbonyl (C=O) groups excluding carboxylic acids is 1. The molecule has 29 heavy (non-hydrogen) atoms. The first-order valence-corrected chi connectivity index (χ1v) is 11.9. The Balaban J connectivity index is 1.47. The highest BCUT2D eigenvalue weighted by atomic mass is 32.2. The first kappa shape index (κ1) is 20.3. The lowest BCUT2D eigenvalue weighted by Gasteiger charge is -2.25. The van der Waals surface area contributed by atoms with Crippen molar-refractivity contribution in [2.75, 3.05) is 12.8 Å². The van der Waals surface area contributed by atoms with Gasteiger partial charge in [0.15, 0.2) is 11.0 Å². The molecule has 8 heteroatoms. The summed E-state index contributed by atoms with van der Waals surface area (Å²) in [5, 5.41) is 9.75. The van der Waals surface area contributed by atoms with E-state index in [9.17, 15) is 4.79 Å². The first-order chi connectivity index (χ1) is 14.1. The third kappa shape index (κ3) is 4.17. The Morgan fingerprint density at radius 1 is 1.07 bits per heavy atom. The number of hydrogen-bond acceptors (Lipinski definition) is 6. The van der Waals surface area contributed by atoms with Gasteiger partial charge in [-0.15, -0.1) is 10.2 Å². The molecule has 7 nitrogen and oxygen atoms in total. The highest BCUT2D eigenvalue weighted by Crippen LogP contribution is 2.33. The Morgan fingerprint density at radius 3 is 2.62 bits per heavy atom. The molecule has 0 saturated carbocycles. The monoisotopic (exact) mass is 414 g/mol. The van der Waals surface area contributed by atoms with Crippen LogP contribution in [0.4, 0.5) is 0 Å². The molecule has 0 spiro atoms. The lowest BCUT2D eigenvalue weighted by atomic mass is 10.1. The van der Waals surface area contributed by atoms with Gasteiger partial charge in [-0.2, -0.15) is 0 Å². The second-order valence-corrected chi connectivity index (χ2v) is 8.81. The third-order valence-electron chi connectivity index (χ3n) is 6.18. The van der Waals surface area contributed by atoms with Crippen LogP contribution in [0.3, 0.4) is 0 Å². The topological polar surface area (TPSA) is 76.8 Å². The van der Waals surface area contributed by atoms with Gasteiger partial charge in [-0.25, -0.2) is 9.97 Å². The van der Waals surface area contributed by atoms with E-state index >= 15 is 0 Å². The van der Waals surface area contributed by atoms with Crippen LogP contribution < -0.4 is 0 Å². The van der Waals surface area contributed by atoms with E-state index in [1.165, 1.54) is 19.3 Å². The minimum absolute atomic E-state index is 0.0687. The standard InChI is InChI=1S/C21H30N6OS/c1-14-16(15(2)23-21(22-14)29-3)10-11-19(28)26-13-7-8-17(26)20-25-24-18-9-5-4-6-12-27(18)20/h17H,4-13H2,1-3H3. The molecular weight excluding hydrogens is 384 g/mol. The second-order valence-electron chi connectivity index (χ2n) is 8.04. The van der Waals surface area contributed by atoms with Gasteiger partial charge in [-0.1, -0.05) is 18.2 Å². The van der Waals surface area contributed by atoms with Crippen LogP contribution in [0, 0.1) is 13.8 Å². The van der Waals surface area contributed by atoms with E-state index < -0.39 is 0 Å². The van der Waals surface area contributed by atoms with Gasteiger partial charge < -0.3 is 9.47 Å². The van der Waals surface area contributed by atoms with E-state index in [0.29, 0.717) is 12.8 Å². The van der Waals surface area contributed by atoms with E-state index in [2.05, 4.69) is 24.7 Å². The lowest BCUT2D eigenvalue weighted by Crippen LogP contribution is -2.32. The van der Waals surface area contributed by atoms with Crippen molar-refractivity contribution in [3.63, 3.8) is 0 Å². The van der Waals surface area contributed by atoms with Crippen LogP contribution in [0.2, 0.25) is 0 Å². The van der Waals surface area contributed by atoms with Gasteiger partial charge in [0.05, 0.1) is 6.04 Å². The predicted octanol–water partition coefficient (Wildman–Crippen LogP) is 3.43. The number of carbonyl (C=O) groups is 1. The summed E-state index contributed by atoms with van der Waals surface area (Å²) < 4.78 is 2.28. The summed E-state index contributed by atoms with van der Waals surface area (Å²) in [4.78, 5) is 24.3. The molecule has 0 N–H and O–H groups in total. The molecule has 1 atom stereocenters. The highest BCUT2D eigenvalue weighted by molar-refractivity contribution is 7.98. The van der Waals surface area contributed by atoms with Gasteiger partial charge >= 0.3 is 0 Å². The van der Waals surface area contributed by atoms with Crippen LogP contribution in [0.5, 0.6) is 0 Å². The van der Waals surface area contributed by atoms with Crippen molar-refractivity contribution in [2.45, 2.75) is 83.0 Å². The molecule has 0 radical (unpaired) electrons. The molecule has 0 aromatic carbocycles. The largest absolute Gasteiger partial charge is 0.332 e. The van der Waals surface area contributed by atoms with Crippen molar-refractivity contribution in [1.82, 2.24) is 29.6 Å². The SMILES string of the molecule is CSc1nc(C)c(CCC(=O)N2CCCC2c2nnc3n2CCCCC3)c(C)n1. The molecule has 1 fully saturated rings. The Hall–Kier alpha value is -1.96. The molecule has 1 amide bonds. The fourth-order valence-corrected chi connectivity index (χ4v) is 5.08. The number of hydrogen-bond donors (Lipinski definition) is 0. The van der Waals surface area contributed by atoms with Gasteiger partial charge in [-0.05, 0) is 57.8 Å². The predicted molar refractivity (Wildman–Crippen MR) is 113 cm³/mol. The number of likely N-dealkylation sites (tertiary alicyclic amines) is 1. The van der Waals surface area contributed by atoms with Crippen molar-refractivity contribution in [2.24, 2.45) is 0 Å². The lowest BCUT2D eigenvalue weighted by molar-refractivity contribution is -0.132. The number of thioether (sulfide) groups is 1. The molecule has 2 aromatic heterocycles. The first-order valence-electron chi connectivity index (χ1n) is 10.7. The van der Waals surface area contributed by atoms with Crippen LogP contribution in [0.15, 0.2) is 5.16 Å². The molecule has 2 aliphatic rings. The highest BCUT2D eigenvalue weighted by Gasteiger charge is 2.34. The van der Waals surface area contributed by atoms with Gasteiger partial charge in [0.1, 0.15) is 5.82 Å². The number of rotatable bonds is 5. The summed E-state index contributed by atoms with van der Waals surface area (Å²) in [7, 11) is 0. The fourth-order valence-electron chi connectivity index (χ4n) is 4.63. The van der Waals surface area contributed by atoms with Crippen molar-refractivity contribution in [1.29, 1.82) is 0 Å². The molecule has 0 aliphatic carbocycles. The third-order valence-corrected chi connectivity index (χ3v) is 6.73. The summed E-state index contributed by atoms with van der Waals surface area (Å²) in [5.41, 5.74) is 3.06. The van der Waals surface area contributed by atoms with Crippen LogP contribution in [-0.2, 0) is 24.2 Å². The fraction of sp³-hybridized carbons (Fsp3) is 0.667. The second kappa shape index (κ2) is 8.81. The zero-order valence-corrected chi connectivity index (χ0v) is 18.5. The van der Waals surface area contributed by atoms with Gasteiger partial charge in [0, 0.05) is 37.3 Å². The summed E-state index contributed by atoms with van der Waals surface area (Å²) in [5.74, 6) is 2.29. The smallest absolute Gasteiger partial charge is 0.223 e. The van der Waals surface area contributed by atoms with E-state index in [1.807, 2.05) is 25.0 Å². The maximum Gasteiger partial charge on any atom is 0.223 e. The minimum Gasteiger partial charge on any atom is -0.332 e. The molecule has 0 bridgehead atoms. The summed E-state index contributed by atoms with van der Waals surface area (Å²) >= 11 is 1.55. The van der Waals surface area contributed by atoms with E-state index in [0.717, 1.165) is 66.1 Å². The van der Waals surface area contributed by atoms with E-state index in [-0.39, 0.29) is 11.9 Å². The van der Waals surface area contributed by atoms with E-state index in [1.54, 1.807) is 11.8 Å². The maximum atomic E-state index is 13.1. The zero-order valence-electron chi connectivity index (χ0n) is 17.6. The molecule has 4 heterocycles. The molecule has 1 unspecified atom stereocenters. The van der Waals surface area contributed by atoms with Gasteiger partial charge in [-0.3, -0.25) is 4.79 Å². The summed E-state index contributed by atoms with van der Waals surface area (Å²) in [6, 6.07) is 0.0687. The van der Waals surface area contributed by atoms with Crippen molar-refractivity contribution in [3.05, 3.63) is 28.6 Å². The Bertz CT molecular complexity index is 872. The van der Waals surface area contributed by atoms with Gasteiger partial charge in [0.2, 0.25) is 5.91 Å². The molecule has 1 saturated heterocycles. The van der Waals surface area contributed by atoms with Crippen LogP contribution in [0.25, 0.3) is 0 Å². The molecular formula is C21H30N6OS. The van der Waals surface area contributed by atoms with Crippen molar-refractivity contribution >= 4 is 17.7 Å². The van der Waals surface area contributed by atoms with Gasteiger partial charge in [0.25, 0.3) is 0 Å².